The highest BCUT2D eigenvalue weighted by atomic mass is 16.3. The number of amides is 1. The minimum atomic E-state index is -0.865. The lowest BCUT2D eigenvalue weighted by atomic mass is 9.88. The van der Waals surface area contributed by atoms with Crippen molar-refractivity contribution in [3.05, 3.63) is 0 Å². The highest BCUT2D eigenvalue weighted by Crippen LogP contribution is 2.25. The average Bonchev–Trinajstić information content (AvgIpc) is 2.34. The number of hydrogen-bond acceptors (Lipinski definition) is 4. The van der Waals surface area contributed by atoms with Crippen LogP contribution in [0.15, 0.2) is 0 Å². The third-order valence-corrected chi connectivity index (χ3v) is 2.96. The summed E-state index contributed by atoms with van der Waals surface area (Å²) < 4.78 is 0. The Morgan fingerprint density at radius 3 is 2.62 bits per heavy atom. The van der Waals surface area contributed by atoms with Gasteiger partial charge in [-0.05, 0) is 19.9 Å². The van der Waals surface area contributed by atoms with Crippen LogP contribution in [0.5, 0.6) is 0 Å². The molecule has 74 valence electrons. The molecule has 0 bridgehead atoms. The van der Waals surface area contributed by atoms with Gasteiger partial charge < -0.3 is 15.3 Å². The van der Waals surface area contributed by atoms with Gasteiger partial charge >= 0.3 is 0 Å². The van der Waals surface area contributed by atoms with Crippen molar-refractivity contribution in [1.82, 2.24) is 15.5 Å². The topological polar surface area (TPSA) is 64.6 Å². The van der Waals surface area contributed by atoms with Crippen molar-refractivity contribution in [3.63, 3.8) is 0 Å². The highest BCUT2D eigenvalue weighted by molar-refractivity contribution is 5.88. The smallest absolute Gasteiger partial charge is 0.243 e. The summed E-state index contributed by atoms with van der Waals surface area (Å²) in [6.45, 7) is 1.79. The molecule has 1 unspecified atom stereocenters. The van der Waals surface area contributed by atoms with Crippen LogP contribution in [0.25, 0.3) is 0 Å². The fourth-order valence-corrected chi connectivity index (χ4v) is 2.00. The van der Waals surface area contributed by atoms with E-state index in [1.165, 1.54) is 0 Å². The first kappa shape index (κ1) is 8.93. The van der Waals surface area contributed by atoms with Gasteiger partial charge in [0.25, 0.3) is 0 Å². The van der Waals surface area contributed by atoms with Gasteiger partial charge in [0, 0.05) is 13.1 Å². The quantitative estimate of drug-likeness (QED) is 0.427. The molecule has 0 aliphatic carbocycles. The van der Waals surface area contributed by atoms with Crippen molar-refractivity contribution >= 4 is 5.91 Å². The van der Waals surface area contributed by atoms with E-state index in [1.54, 1.807) is 0 Å². The normalized spacial score (nSPS) is 33.7. The van der Waals surface area contributed by atoms with E-state index in [4.69, 9.17) is 0 Å². The van der Waals surface area contributed by atoms with Gasteiger partial charge in [0.2, 0.25) is 5.91 Å². The number of likely N-dealkylation sites (tertiary alicyclic amines) is 1. The van der Waals surface area contributed by atoms with Crippen LogP contribution in [0.1, 0.15) is 12.8 Å². The van der Waals surface area contributed by atoms with Gasteiger partial charge in [-0.2, -0.15) is 0 Å². The number of nitrogens with zero attached hydrogens (tertiary/aromatic N) is 1. The SMILES string of the molecule is CN1CCC2(CC1)NC(O)NC2=O. The van der Waals surface area contributed by atoms with E-state index < -0.39 is 11.9 Å². The Balaban J connectivity index is 2.09. The highest BCUT2D eigenvalue weighted by Gasteiger charge is 2.46. The number of nitrogens with one attached hydrogen (secondary N) is 2. The van der Waals surface area contributed by atoms with Crippen molar-refractivity contribution in [3.8, 4) is 0 Å². The van der Waals surface area contributed by atoms with E-state index in [0.29, 0.717) is 0 Å². The third kappa shape index (κ3) is 1.43. The molecule has 1 amide bonds. The Hall–Kier alpha value is -0.650. The summed E-state index contributed by atoms with van der Waals surface area (Å²) in [5.74, 6) is -0.0619. The maximum absolute atomic E-state index is 11.5. The Morgan fingerprint density at radius 1 is 1.54 bits per heavy atom. The fourth-order valence-electron chi connectivity index (χ4n) is 2.00. The summed E-state index contributed by atoms with van der Waals surface area (Å²) in [5.41, 5.74) is -0.508. The molecule has 0 saturated carbocycles. The standard InChI is InChI=1S/C8H15N3O2/c1-11-4-2-8(3-5-11)6(12)9-7(13)10-8/h7,10,13H,2-5H2,1H3,(H,9,12). The monoisotopic (exact) mass is 185 g/mol. The largest absolute Gasteiger partial charge is 0.361 e. The molecule has 1 atom stereocenters. The van der Waals surface area contributed by atoms with E-state index in [2.05, 4.69) is 15.5 Å². The number of hydrogen-bond donors (Lipinski definition) is 3. The zero-order valence-electron chi connectivity index (χ0n) is 7.71. The molecular weight excluding hydrogens is 170 g/mol. The van der Waals surface area contributed by atoms with Crippen molar-refractivity contribution in [2.24, 2.45) is 0 Å². The molecule has 5 heteroatoms. The molecule has 2 rings (SSSR count). The molecule has 2 aliphatic rings. The molecule has 0 aromatic carbocycles. The molecule has 2 saturated heterocycles. The van der Waals surface area contributed by atoms with Crippen LogP contribution in [-0.4, -0.2) is 47.9 Å². The number of piperidine rings is 1. The maximum Gasteiger partial charge on any atom is 0.243 e. The number of carbonyl (C=O) groups excluding carboxylic acids is 1. The second-order valence-corrected chi connectivity index (χ2v) is 3.91. The fraction of sp³-hybridized carbons (Fsp3) is 0.875. The first-order valence-electron chi connectivity index (χ1n) is 4.58. The minimum absolute atomic E-state index is 0.0619. The lowest BCUT2D eigenvalue weighted by molar-refractivity contribution is -0.125. The van der Waals surface area contributed by atoms with Crippen molar-refractivity contribution in [1.29, 1.82) is 0 Å². The number of rotatable bonds is 0. The zero-order valence-corrected chi connectivity index (χ0v) is 7.71. The van der Waals surface area contributed by atoms with Crippen molar-refractivity contribution in [2.45, 2.75) is 24.7 Å². The summed E-state index contributed by atoms with van der Waals surface area (Å²) >= 11 is 0. The Bertz CT molecular complexity index is 223. The lowest BCUT2D eigenvalue weighted by Gasteiger charge is -2.35. The molecule has 0 radical (unpaired) electrons. The Morgan fingerprint density at radius 2 is 2.15 bits per heavy atom. The molecule has 2 fully saturated rings. The van der Waals surface area contributed by atoms with Crippen LogP contribution in [0, 0.1) is 0 Å². The summed E-state index contributed by atoms with van der Waals surface area (Å²) in [6.07, 6.45) is 0.676. The molecule has 2 heterocycles. The molecule has 0 aromatic rings. The van der Waals surface area contributed by atoms with Gasteiger partial charge in [-0.3, -0.25) is 10.1 Å². The molecule has 1 spiro atoms. The van der Waals surface area contributed by atoms with E-state index in [1.807, 2.05) is 7.05 Å². The van der Waals surface area contributed by atoms with E-state index in [9.17, 15) is 9.90 Å². The van der Waals surface area contributed by atoms with Crippen LogP contribution in [-0.2, 0) is 4.79 Å². The summed E-state index contributed by atoms with van der Waals surface area (Å²) in [4.78, 5) is 13.7. The molecule has 0 aromatic heterocycles. The van der Waals surface area contributed by atoms with Crippen molar-refractivity contribution in [2.75, 3.05) is 20.1 Å². The van der Waals surface area contributed by atoms with Gasteiger partial charge in [0.15, 0.2) is 6.35 Å². The number of aliphatic hydroxyl groups excluding tert-OH is 1. The van der Waals surface area contributed by atoms with Gasteiger partial charge in [-0.1, -0.05) is 0 Å². The summed E-state index contributed by atoms with van der Waals surface area (Å²) in [7, 11) is 2.04. The Labute approximate surface area is 77.1 Å². The minimum Gasteiger partial charge on any atom is -0.361 e. The van der Waals surface area contributed by atoms with Crippen LogP contribution in [0.3, 0.4) is 0 Å². The average molecular weight is 185 g/mol. The Kier molecular flexibility index (Phi) is 2.02. The van der Waals surface area contributed by atoms with Gasteiger partial charge in [-0.25, -0.2) is 0 Å². The van der Waals surface area contributed by atoms with Crippen LogP contribution < -0.4 is 10.6 Å². The zero-order chi connectivity index (χ0) is 9.47. The maximum atomic E-state index is 11.5. The van der Waals surface area contributed by atoms with E-state index in [-0.39, 0.29) is 5.91 Å². The first-order chi connectivity index (χ1) is 6.12. The number of carbonyl (C=O) groups is 1. The van der Waals surface area contributed by atoms with E-state index in [0.717, 1.165) is 25.9 Å². The summed E-state index contributed by atoms with van der Waals surface area (Å²) in [6, 6.07) is 0. The van der Waals surface area contributed by atoms with Crippen LogP contribution >= 0.6 is 0 Å². The van der Waals surface area contributed by atoms with Gasteiger partial charge in [0.1, 0.15) is 5.54 Å². The molecular formula is C8H15N3O2. The summed E-state index contributed by atoms with van der Waals surface area (Å²) in [5, 5.41) is 14.6. The van der Waals surface area contributed by atoms with Gasteiger partial charge in [-0.15, -0.1) is 0 Å². The van der Waals surface area contributed by atoms with Crippen molar-refractivity contribution < 1.29 is 9.90 Å². The molecule has 3 N–H and O–H groups in total. The third-order valence-electron chi connectivity index (χ3n) is 2.96. The van der Waals surface area contributed by atoms with E-state index >= 15 is 0 Å². The van der Waals surface area contributed by atoms with Gasteiger partial charge in [0.05, 0.1) is 0 Å². The first-order valence-corrected chi connectivity index (χ1v) is 4.58. The molecule has 5 nitrogen and oxygen atoms in total. The second-order valence-electron chi connectivity index (χ2n) is 3.91. The lowest BCUT2D eigenvalue weighted by Crippen LogP contribution is -2.54. The molecule has 13 heavy (non-hydrogen) atoms. The molecule has 2 aliphatic heterocycles. The van der Waals surface area contributed by atoms with Crippen LogP contribution in [0.4, 0.5) is 0 Å². The second kappa shape index (κ2) is 2.94. The predicted molar refractivity (Wildman–Crippen MR) is 46.7 cm³/mol. The van der Waals surface area contributed by atoms with Crippen LogP contribution in [0.2, 0.25) is 0 Å². The number of aliphatic hydroxyl groups is 1. The predicted octanol–water partition coefficient (Wildman–Crippen LogP) is -1.55.